The van der Waals surface area contributed by atoms with Crippen LogP contribution in [0.25, 0.3) is 0 Å². The predicted molar refractivity (Wildman–Crippen MR) is 87.8 cm³/mol. The summed E-state index contributed by atoms with van der Waals surface area (Å²) in [6.45, 7) is 0. The summed E-state index contributed by atoms with van der Waals surface area (Å²) in [5.41, 5.74) is 1.08. The van der Waals surface area contributed by atoms with Crippen LogP contribution in [0.5, 0.6) is 11.5 Å². The van der Waals surface area contributed by atoms with Gasteiger partial charge in [0, 0.05) is 6.42 Å². The molecule has 0 aliphatic heterocycles. The van der Waals surface area contributed by atoms with Crippen molar-refractivity contribution in [2.24, 2.45) is 11.8 Å². The van der Waals surface area contributed by atoms with Crippen molar-refractivity contribution >= 4 is 5.97 Å². The minimum Gasteiger partial charge on any atom is -0.493 e. The van der Waals surface area contributed by atoms with Crippen LogP contribution in [0.2, 0.25) is 0 Å². The average Bonchev–Trinajstić information content (AvgIpc) is 2.97. The van der Waals surface area contributed by atoms with E-state index >= 15 is 0 Å². The lowest BCUT2D eigenvalue weighted by molar-refractivity contribution is -0.140. The van der Waals surface area contributed by atoms with Gasteiger partial charge in [-0.1, -0.05) is 12.5 Å². The lowest BCUT2D eigenvalue weighted by Crippen LogP contribution is -2.29. The van der Waals surface area contributed by atoms with Gasteiger partial charge < -0.3 is 14.2 Å². The number of carbonyl (C=O) groups excluding carboxylic acids is 1. The van der Waals surface area contributed by atoms with Gasteiger partial charge in [-0.2, -0.15) is 0 Å². The predicted octanol–water partition coefficient (Wildman–Crippen LogP) is 3.76. The molecule has 0 heterocycles. The van der Waals surface area contributed by atoms with E-state index < -0.39 is 0 Å². The molecule has 0 amide bonds. The van der Waals surface area contributed by atoms with Gasteiger partial charge in [0.05, 0.1) is 14.2 Å². The second kappa shape index (κ2) is 7.24. The summed E-state index contributed by atoms with van der Waals surface area (Å²) in [5, 5.41) is 0. The zero-order chi connectivity index (χ0) is 16.2. The highest BCUT2D eigenvalue weighted by Crippen LogP contribution is 2.44. The summed E-state index contributed by atoms with van der Waals surface area (Å²) in [4.78, 5) is 11.3. The van der Waals surface area contributed by atoms with Crippen LogP contribution in [0.4, 0.5) is 0 Å². The van der Waals surface area contributed by atoms with Crippen molar-refractivity contribution in [1.29, 1.82) is 0 Å². The van der Waals surface area contributed by atoms with Crippen LogP contribution in [0.1, 0.15) is 44.1 Å². The molecular formula is C19H26O4. The highest BCUT2D eigenvalue weighted by Gasteiger charge is 2.37. The van der Waals surface area contributed by atoms with Crippen LogP contribution in [0.15, 0.2) is 18.2 Å². The molecule has 3 atom stereocenters. The maximum Gasteiger partial charge on any atom is 0.305 e. The van der Waals surface area contributed by atoms with E-state index in [9.17, 15) is 4.79 Å². The number of hydrogen-bond acceptors (Lipinski definition) is 4. The summed E-state index contributed by atoms with van der Waals surface area (Å²) < 4.78 is 16.5. The van der Waals surface area contributed by atoms with E-state index in [2.05, 4.69) is 0 Å². The van der Waals surface area contributed by atoms with E-state index in [1.54, 1.807) is 7.11 Å². The lowest BCUT2D eigenvalue weighted by atomic mass is 9.87. The molecule has 0 spiro atoms. The normalized spacial score (nSPS) is 25.9. The summed E-state index contributed by atoms with van der Waals surface area (Å²) >= 11 is 0. The first kappa shape index (κ1) is 16.2. The van der Waals surface area contributed by atoms with Gasteiger partial charge in [-0.15, -0.1) is 0 Å². The number of esters is 1. The second-order valence-corrected chi connectivity index (χ2v) is 6.73. The Morgan fingerprint density at radius 2 is 1.96 bits per heavy atom. The molecule has 2 aliphatic carbocycles. The SMILES string of the molecule is COC(=O)CCc1ccc(OC)c(OC2CCC3CCC2C3)c1. The minimum atomic E-state index is -0.187. The molecule has 4 heteroatoms. The molecule has 0 N–H and O–H groups in total. The first-order chi connectivity index (χ1) is 11.2. The molecule has 0 radical (unpaired) electrons. The number of fused-ring (bicyclic) bond motifs is 2. The van der Waals surface area contributed by atoms with Gasteiger partial charge in [-0.05, 0) is 61.6 Å². The van der Waals surface area contributed by atoms with E-state index in [-0.39, 0.29) is 5.97 Å². The third kappa shape index (κ3) is 3.80. The van der Waals surface area contributed by atoms with Crippen LogP contribution in [-0.4, -0.2) is 26.3 Å². The van der Waals surface area contributed by atoms with Crippen LogP contribution in [0.3, 0.4) is 0 Å². The Hall–Kier alpha value is -1.71. The third-order valence-electron chi connectivity index (χ3n) is 5.32. The highest BCUT2D eigenvalue weighted by atomic mass is 16.5. The first-order valence-electron chi connectivity index (χ1n) is 8.60. The second-order valence-electron chi connectivity index (χ2n) is 6.73. The molecule has 4 nitrogen and oxygen atoms in total. The Morgan fingerprint density at radius 3 is 2.74 bits per heavy atom. The molecule has 2 bridgehead atoms. The van der Waals surface area contributed by atoms with Crippen molar-refractivity contribution in [2.45, 2.75) is 51.0 Å². The number of ether oxygens (including phenoxy) is 3. The number of carbonyl (C=O) groups is 1. The average molecular weight is 318 g/mol. The largest absolute Gasteiger partial charge is 0.493 e. The fourth-order valence-electron chi connectivity index (χ4n) is 3.98. The van der Waals surface area contributed by atoms with Crippen molar-refractivity contribution in [3.63, 3.8) is 0 Å². The maximum absolute atomic E-state index is 11.3. The standard InChI is InChI=1S/C19H26O4/c1-21-17-9-5-14(6-10-19(20)22-2)12-18(17)23-16-8-4-13-3-7-15(16)11-13/h5,9,12-13,15-16H,3-4,6-8,10-11H2,1-2H3. The van der Waals surface area contributed by atoms with E-state index in [0.717, 1.165) is 29.4 Å². The van der Waals surface area contributed by atoms with Gasteiger partial charge in [0.2, 0.25) is 0 Å². The Morgan fingerprint density at radius 1 is 1.13 bits per heavy atom. The molecule has 3 unspecified atom stereocenters. The van der Waals surface area contributed by atoms with Crippen molar-refractivity contribution in [2.75, 3.05) is 14.2 Å². The van der Waals surface area contributed by atoms with E-state index in [4.69, 9.17) is 14.2 Å². The summed E-state index contributed by atoms with van der Waals surface area (Å²) in [6.07, 6.45) is 7.74. The van der Waals surface area contributed by atoms with E-state index in [0.29, 0.717) is 24.9 Å². The molecule has 2 aliphatic rings. The zero-order valence-corrected chi connectivity index (χ0v) is 14.0. The molecule has 0 saturated heterocycles. The van der Waals surface area contributed by atoms with Crippen molar-refractivity contribution < 1.29 is 19.0 Å². The first-order valence-corrected chi connectivity index (χ1v) is 8.60. The van der Waals surface area contributed by atoms with E-state index in [1.807, 2.05) is 18.2 Å². The number of methoxy groups -OCH3 is 2. The number of benzene rings is 1. The molecule has 0 aromatic heterocycles. The molecular weight excluding hydrogens is 292 g/mol. The van der Waals surface area contributed by atoms with Crippen LogP contribution in [0, 0.1) is 11.8 Å². The zero-order valence-electron chi connectivity index (χ0n) is 14.0. The van der Waals surface area contributed by atoms with Crippen LogP contribution >= 0.6 is 0 Å². The number of rotatable bonds is 6. The summed E-state index contributed by atoms with van der Waals surface area (Å²) in [6, 6.07) is 5.94. The Kier molecular flexibility index (Phi) is 5.09. The Labute approximate surface area is 138 Å². The van der Waals surface area contributed by atoms with Gasteiger partial charge in [0.15, 0.2) is 11.5 Å². The van der Waals surface area contributed by atoms with Crippen molar-refractivity contribution in [1.82, 2.24) is 0 Å². The summed E-state index contributed by atoms with van der Waals surface area (Å²) in [7, 11) is 3.09. The van der Waals surface area contributed by atoms with Gasteiger partial charge in [-0.3, -0.25) is 4.79 Å². The Bertz CT molecular complexity index is 554. The Balaban J connectivity index is 1.70. The molecule has 1 aromatic rings. The fourth-order valence-corrected chi connectivity index (χ4v) is 3.98. The minimum absolute atomic E-state index is 0.187. The van der Waals surface area contributed by atoms with Crippen LogP contribution < -0.4 is 9.47 Å². The van der Waals surface area contributed by atoms with Gasteiger partial charge in [0.25, 0.3) is 0 Å². The smallest absolute Gasteiger partial charge is 0.305 e. The lowest BCUT2D eigenvalue weighted by Gasteiger charge is -2.30. The third-order valence-corrected chi connectivity index (χ3v) is 5.32. The molecule has 2 saturated carbocycles. The molecule has 3 rings (SSSR count). The van der Waals surface area contributed by atoms with Gasteiger partial charge >= 0.3 is 5.97 Å². The van der Waals surface area contributed by atoms with Gasteiger partial charge in [-0.25, -0.2) is 0 Å². The molecule has 2 fully saturated rings. The monoisotopic (exact) mass is 318 g/mol. The number of hydrogen-bond donors (Lipinski definition) is 0. The molecule has 126 valence electrons. The van der Waals surface area contributed by atoms with Gasteiger partial charge in [0.1, 0.15) is 6.10 Å². The highest BCUT2D eigenvalue weighted by molar-refractivity contribution is 5.69. The van der Waals surface area contributed by atoms with Crippen molar-refractivity contribution in [3.05, 3.63) is 23.8 Å². The van der Waals surface area contributed by atoms with Crippen molar-refractivity contribution in [3.8, 4) is 11.5 Å². The fraction of sp³-hybridized carbons (Fsp3) is 0.632. The molecule has 23 heavy (non-hydrogen) atoms. The molecule has 1 aromatic carbocycles. The summed E-state index contributed by atoms with van der Waals surface area (Å²) in [5.74, 6) is 3.01. The van der Waals surface area contributed by atoms with Crippen LogP contribution in [-0.2, 0) is 16.0 Å². The van der Waals surface area contributed by atoms with E-state index in [1.165, 1.54) is 32.8 Å². The number of aryl methyl sites for hydroxylation is 1. The topological polar surface area (TPSA) is 44.8 Å². The quantitative estimate of drug-likeness (QED) is 0.749. The maximum atomic E-state index is 11.3.